The van der Waals surface area contributed by atoms with Crippen LogP contribution in [0.25, 0.3) is 0 Å². The minimum atomic E-state index is 0.362. The van der Waals surface area contributed by atoms with Crippen LogP contribution in [0.2, 0.25) is 5.02 Å². The van der Waals surface area contributed by atoms with Gasteiger partial charge in [0, 0.05) is 10.6 Å². The molecule has 0 aliphatic heterocycles. The van der Waals surface area contributed by atoms with Gasteiger partial charge in [-0.15, -0.1) is 0 Å². The van der Waals surface area contributed by atoms with Crippen molar-refractivity contribution >= 4 is 17.8 Å². The molecule has 0 radical (unpaired) electrons. The summed E-state index contributed by atoms with van der Waals surface area (Å²) in [5.74, 6) is 0.792. The highest BCUT2D eigenvalue weighted by Crippen LogP contribution is 2.18. The number of hydrogen-bond donors (Lipinski definition) is 0. The Kier molecular flexibility index (Phi) is 4.81. The number of ether oxygens (including phenoxy) is 1. The van der Waals surface area contributed by atoms with Gasteiger partial charge in [-0.05, 0) is 23.8 Å². The maximum atomic E-state index is 5.87. The summed E-state index contributed by atoms with van der Waals surface area (Å²) >= 11 is 5.87. The number of oxime groups is 1. The van der Waals surface area contributed by atoms with Gasteiger partial charge in [-0.3, -0.25) is 0 Å². The highest BCUT2D eigenvalue weighted by atomic mass is 35.5. The first kappa shape index (κ1) is 13.4. The molecule has 0 saturated heterocycles. The number of rotatable bonds is 5. The molecule has 0 N–H and O–H groups in total. The maximum Gasteiger partial charge on any atom is 0.145 e. The van der Waals surface area contributed by atoms with Gasteiger partial charge in [0.25, 0.3) is 0 Å². The second-order valence-corrected chi connectivity index (χ2v) is 4.31. The van der Waals surface area contributed by atoms with E-state index in [4.69, 9.17) is 21.2 Å². The molecule has 0 atom stereocenters. The summed E-state index contributed by atoms with van der Waals surface area (Å²) in [6.45, 7) is 0.362. The van der Waals surface area contributed by atoms with E-state index in [1.54, 1.807) is 13.3 Å². The van der Waals surface area contributed by atoms with Gasteiger partial charge >= 0.3 is 0 Å². The van der Waals surface area contributed by atoms with Crippen molar-refractivity contribution < 1.29 is 9.57 Å². The van der Waals surface area contributed by atoms with E-state index >= 15 is 0 Å². The highest BCUT2D eigenvalue weighted by Gasteiger charge is 2.00. The van der Waals surface area contributed by atoms with Crippen LogP contribution in [0.3, 0.4) is 0 Å². The van der Waals surface area contributed by atoms with Crippen molar-refractivity contribution in [2.75, 3.05) is 7.11 Å². The van der Waals surface area contributed by atoms with Crippen LogP contribution in [0.5, 0.6) is 5.75 Å². The second kappa shape index (κ2) is 6.81. The number of nitrogens with zero attached hydrogens (tertiary/aromatic N) is 1. The zero-order chi connectivity index (χ0) is 13.5. The third-order valence-corrected chi connectivity index (χ3v) is 2.77. The standard InChI is InChI=1S/C15H14ClNO2/c1-18-15-8-3-2-6-13(15)11-19-17-10-12-5-4-7-14(16)9-12/h2-10H,11H2,1H3. The van der Waals surface area contributed by atoms with Crippen molar-refractivity contribution in [1.29, 1.82) is 0 Å². The Hall–Kier alpha value is -2.00. The number of hydrogen-bond acceptors (Lipinski definition) is 3. The molecule has 98 valence electrons. The molecular formula is C15H14ClNO2. The van der Waals surface area contributed by atoms with Crippen LogP contribution >= 0.6 is 11.6 Å². The van der Waals surface area contributed by atoms with Gasteiger partial charge in [-0.2, -0.15) is 0 Å². The lowest BCUT2D eigenvalue weighted by molar-refractivity contribution is 0.130. The van der Waals surface area contributed by atoms with E-state index in [-0.39, 0.29) is 0 Å². The monoisotopic (exact) mass is 275 g/mol. The predicted octanol–water partition coefficient (Wildman–Crippen LogP) is 3.90. The molecule has 0 saturated carbocycles. The first-order chi connectivity index (χ1) is 9.29. The maximum absolute atomic E-state index is 5.87. The summed E-state index contributed by atoms with van der Waals surface area (Å²) in [4.78, 5) is 5.25. The summed E-state index contributed by atoms with van der Waals surface area (Å²) in [7, 11) is 1.63. The van der Waals surface area contributed by atoms with Crippen molar-refractivity contribution in [2.24, 2.45) is 5.16 Å². The van der Waals surface area contributed by atoms with Gasteiger partial charge in [0.1, 0.15) is 12.4 Å². The molecule has 2 aromatic carbocycles. The van der Waals surface area contributed by atoms with Gasteiger partial charge in [-0.1, -0.05) is 47.1 Å². The molecule has 0 heterocycles. The third kappa shape index (κ3) is 4.00. The second-order valence-electron chi connectivity index (χ2n) is 3.87. The van der Waals surface area contributed by atoms with Crippen molar-refractivity contribution in [3.05, 3.63) is 64.7 Å². The Labute approximate surface area is 117 Å². The Bertz CT molecular complexity index is 570. The summed E-state index contributed by atoms with van der Waals surface area (Å²) in [6.07, 6.45) is 1.63. The molecule has 0 amide bonds. The molecular weight excluding hydrogens is 262 g/mol. The number of methoxy groups -OCH3 is 1. The van der Waals surface area contributed by atoms with Crippen molar-refractivity contribution in [3.8, 4) is 5.75 Å². The molecule has 0 aliphatic rings. The van der Waals surface area contributed by atoms with Crippen LogP contribution in [0.15, 0.2) is 53.7 Å². The lowest BCUT2D eigenvalue weighted by Crippen LogP contribution is -1.93. The van der Waals surface area contributed by atoms with Crippen LogP contribution < -0.4 is 4.74 Å². The lowest BCUT2D eigenvalue weighted by Gasteiger charge is -2.06. The number of para-hydroxylation sites is 1. The molecule has 0 fully saturated rings. The Morgan fingerprint density at radius 3 is 2.79 bits per heavy atom. The Morgan fingerprint density at radius 2 is 2.00 bits per heavy atom. The van der Waals surface area contributed by atoms with E-state index < -0.39 is 0 Å². The summed E-state index contributed by atoms with van der Waals surface area (Å²) in [5, 5.41) is 4.59. The zero-order valence-corrected chi connectivity index (χ0v) is 11.3. The quantitative estimate of drug-likeness (QED) is 0.612. The topological polar surface area (TPSA) is 30.8 Å². The molecule has 19 heavy (non-hydrogen) atoms. The lowest BCUT2D eigenvalue weighted by atomic mass is 10.2. The molecule has 2 rings (SSSR count). The summed E-state index contributed by atoms with van der Waals surface area (Å²) in [6, 6.07) is 15.1. The molecule has 0 aromatic heterocycles. The van der Waals surface area contributed by atoms with E-state index in [2.05, 4.69) is 5.16 Å². The van der Waals surface area contributed by atoms with E-state index in [9.17, 15) is 0 Å². The van der Waals surface area contributed by atoms with E-state index in [1.807, 2.05) is 48.5 Å². The van der Waals surface area contributed by atoms with E-state index in [0.29, 0.717) is 11.6 Å². The fraction of sp³-hybridized carbons (Fsp3) is 0.133. The average Bonchev–Trinajstić information content (AvgIpc) is 2.44. The molecule has 0 unspecified atom stereocenters. The van der Waals surface area contributed by atoms with Crippen LogP contribution in [0, 0.1) is 0 Å². The molecule has 0 bridgehead atoms. The summed E-state index contributed by atoms with van der Waals surface area (Å²) < 4.78 is 5.23. The van der Waals surface area contributed by atoms with Crippen LogP contribution in [0.1, 0.15) is 11.1 Å². The average molecular weight is 276 g/mol. The fourth-order valence-corrected chi connectivity index (χ4v) is 1.81. The zero-order valence-electron chi connectivity index (χ0n) is 10.5. The van der Waals surface area contributed by atoms with Gasteiger partial charge in [-0.25, -0.2) is 0 Å². The third-order valence-electron chi connectivity index (χ3n) is 2.54. The largest absolute Gasteiger partial charge is 0.496 e. The van der Waals surface area contributed by atoms with E-state index in [1.165, 1.54) is 0 Å². The van der Waals surface area contributed by atoms with Crippen molar-refractivity contribution in [2.45, 2.75) is 6.61 Å². The fourth-order valence-electron chi connectivity index (χ4n) is 1.61. The summed E-state index contributed by atoms with van der Waals surface area (Å²) in [5.41, 5.74) is 1.85. The van der Waals surface area contributed by atoms with Crippen molar-refractivity contribution in [1.82, 2.24) is 0 Å². The first-order valence-corrected chi connectivity index (χ1v) is 6.20. The SMILES string of the molecule is COc1ccccc1CON=Cc1cccc(Cl)c1. The molecule has 0 spiro atoms. The smallest absolute Gasteiger partial charge is 0.145 e. The van der Waals surface area contributed by atoms with Gasteiger partial charge < -0.3 is 9.57 Å². The normalized spacial score (nSPS) is 10.6. The van der Waals surface area contributed by atoms with Gasteiger partial charge in [0.15, 0.2) is 0 Å². The van der Waals surface area contributed by atoms with Gasteiger partial charge in [0.05, 0.1) is 13.3 Å². The number of benzene rings is 2. The highest BCUT2D eigenvalue weighted by molar-refractivity contribution is 6.30. The Balaban J connectivity index is 1.93. The predicted molar refractivity (Wildman–Crippen MR) is 76.8 cm³/mol. The van der Waals surface area contributed by atoms with Crippen LogP contribution in [-0.2, 0) is 11.4 Å². The van der Waals surface area contributed by atoms with Crippen molar-refractivity contribution in [3.63, 3.8) is 0 Å². The number of halogens is 1. The minimum absolute atomic E-state index is 0.362. The molecule has 4 heteroatoms. The molecule has 3 nitrogen and oxygen atoms in total. The van der Waals surface area contributed by atoms with E-state index in [0.717, 1.165) is 16.9 Å². The first-order valence-electron chi connectivity index (χ1n) is 5.82. The van der Waals surface area contributed by atoms with Crippen LogP contribution in [-0.4, -0.2) is 13.3 Å². The molecule has 2 aromatic rings. The minimum Gasteiger partial charge on any atom is -0.496 e. The molecule has 0 aliphatic carbocycles. The Morgan fingerprint density at radius 1 is 1.16 bits per heavy atom. The van der Waals surface area contributed by atoms with Crippen LogP contribution in [0.4, 0.5) is 0 Å². The van der Waals surface area contributed by atoms with Gasteiger partial charge in [0.2, 0.25) is 0 Å².